The molecule has 1 aromatic carbocycles. The molecule has 43 heavy (non-hydrogen) atoms. The second-order valence-electron chi connectivity index (χ2n) is 12.0. The van der Waals surface area contributed by atoms with Crippen LogP contribution >= 0.6 is 0 Å². The average Bonchev–Trinajstić information content (AvgIpc) is 2.95. The molecule has 1 aliphatic heterocycles. The summed E-state index contributed by atoms with van der Waals surface area (Å²) in [7, 11) is 0. The highest BCUT2D eigenvalue weighted by atomic mass is 16.6. The number of amides is 3. The van der Waals surface area contributed by atoms with Crippen molar-refractivity contribution < 1.29 is 33.4 Å². The summed E-state index contributed by atoms with van der Waals surface area (Å²) in [5.41, 5.74) is 2.12. The number of carbonyl (C=O) groups excluding carboxylic acids is 4. The summed E-state index contributed by atoms with van der Waals surface area (Å²) < 4.78 is 15.9. The van der Waals surface area contributed by atoms with Gasteiger partial charge in [-0.05, 0) is 82.9 Å². The predicted octanol–water partition coefficient (Wildman–Crippen LogP) is 4.31. The molecule has 0 radical (unpaired) electrons. The number of aryl methyl sites for hydroxylation is 1. The molecule has 1 aliphatic carbocycles. The van der Waals surface area contributed by atoms with Crippen LogP contribution in [0.25, 0.3) is 0 Å². The second kappa shape index (κ2) is 14.3. The quantitative estimate of drug-likeness (QED) is 0.307. The van der Waals surface area contributed by atoms with Gasteiger partial charge in [-0.15, -0.1) is 0 Å². The normalized spacial score (nSPS) is 18.4. The molecule has 11 nitrogen and oxygen atoms in total. The number of rotatable bonds is 10. The predicted molar refractivity (Wildman–Crippen MR) is 159 cm³/mol. The maximum absolute atomic E-state index is 12.8. The molecule has 232 valence electrons. The summed E-state index contributed by atoms with van der Waals surface area (Å²) in [6.07, 6.45) is 2.60. The van der Waals surface area contributed by atoms with E-state index in [9.17, 15) is 19.2 Å². The number of hydrogen-bond donors (Lipinski definition) is 2. The number of esters is 1. The highest BCUT2D eigenvalue weighted by Gasteiger charge is 2.36. The first-order chi connectivity index (χ1) is 20.5. The lowest BCUT2D eigenvalue weighted by Crippen LogP contribution is -2.51. The largest absolute Gasteiger partial charge is 0.464 e. The lowest BCUT2D eigenvalue weighted by molar-refractivity contribution is -0.145. The Kier molecular flexibility index (Phi) is 10.6. The fourth-order valence-corrected chi connectivity index (χ4v) is 5.19. The fourth-order valence-electron chi connectivity index (χ4n) is 5.19. The Hall–Kier alpha value is -4.15. The van der Waals surface area contributed by atoms with E-state index in [1.54, 1.807) is 11.8 Å². The number of pyridine rings is 1. The first kappa shape index (κ1) is 31.8. The SMILES string of the molecule is CCOC(=O)[C@H](CNC(=O)[C@H]1C[C@@H](Cc2ccc3c(n2)N(C(=O)OC(C)(C)C)CCC3)C1)NC(=O)OCc1ccccc1. The number of benzene rings is 1. The van der Waals surface area contributed by atoms with Gasteiger partial charge in [-0.2, -0.15) is 0 Å². The number of hydrogen-bond acceptors (Lipinski definition) is 8. The summed E-state index contributed by atoms with van der Waals surface area (Å²) >= 11 is 0. The number of fused-ring (bicyclic) bond motifs is 1. The van der Waals surface area contributed by atoms with Gasteiger partial charge < -0.3 is 24.8 Å². The van der Waals surface area contributed by atoms with Crippen LogP contribution < -0.4 is 15.5 Å². The molecule has 2 N–H and O–H groups in total. The average molecular weight is 595 g/mol. The maximum atomic E-state index is 12.8. The monoisotopic (exact) mass is 594 g/mol. The topological polar surface area (TPSA) is 136 Å². The van der Waals surface area contributed by atoms with Crippen LogP contribution in [0.2, 0.25) is 0 Å². The van der Waals surface area contributed by atoms with Crippen molar-refractivity contribution in [2.75, 3.05) is 24.6 Å². The van der Waals surface area contributed by atoms with E-state index in [-0.39, 0.29) is 37.5 Å². The van der Waals surface area contributed by atoms with E-state index >= 15 is 0 Å². The Morgan fingerprint density at radius 1 is 1.05 bits per heavy atom. The highest BCUT2D eigenvalue weighted by Crippen LogP contribution is 2.37. The van der Waals surface area contributed by atoms with Crippen molar-refractivity contribution in [2.24, 2.45) is 11.8 Å². The van der Waals surface area contributed by atoms with Gasteiger partial charge in [0.05, 0.1) is 6.61 Å². The zero-order chi connectivity index (χ0) is 31.0. The zero-order valence-electron chi connectivity index (χ0n) is 25.4. The summed E-state index contributed by atoms with van der Waals surface area (Å²) in [6.45, 7) is 7.86. The first-order valence-corrected chi connectivity index (χ1v) is 14.9. The van der Waals surface area contributed by atoms with Crippen LogP contribution in [0.4, 0.5) is 15.4 Å². The lowest BCUT2D eigenvalue weighted by atomic mass is 9.72. The third kappa shape index (κ3) is 9.17. The molecule has 0 saturated heterocycles. The van der Waals surface area contributed by atoms with Crippen LogP contribution in [0.1, 0.15) is 63.8 Å². The van der Waals surface area contributed by atoms with Crippen molar-refractivity contribution in [3.63, 3.8) is 0 Å². The summed E-state index contributed by atoms with van der Waals surface area (Å²) in [5.74, 6) is -0.101. The number of nitrogens with zero attached hydrogens (tertiary/aromatic N) is 2. The second-order valence-corrected chi connectivity index (χ2v) is 12.0. The Morgan fingerprint density at radius 2 is 1.79 bits per heavy atom. The molecule has 2 aliphatic rings. The van der Waals surface area contributed by atoms with Gasteiger partial charge in [0.2, 0.25) is 5.91 Å². The van der Waals surface area contributed by atoms with Crippen LogP contribution in [0.15, 0.2) is 42.5 Å². The van der Waals surface area contributed by atoms with Crippen molar-refractivity contribution in [2.45, 2.75) is 78.0 Å². The van der Waals surface area contributed by atoms with Gasteiger partial charge >= 0.3 is 18.2 Å². The minimum atomic E-state index is -1.07. The van der Waals surface area contributed by atoms with E-state index in [2.05, 4.69) is 10.6 Å². The number of anilines is 1. The van der Waals surface area contributed by atoms with Crippen LogP contribution in [-0.4, -0.2) is 60.4 Å². The molecule has 0 unspecified atom stereocenters. The highest BCUT2D eigenvalue weighted by molar-refractivity contribution is 5.88. The summed E-state index contributed by atoms with van der Waals surface area (Å²) in [5, 5.41) is 5.28. The van der Waals surface area contributed by atoms with Crippen LogP contribution in [0.3, 0.4) is 0 Å². The van der Waals surface area contributed by atoms with Crippen LogP contribution in [-0.2, 0) is 43.2 Å². The summed E-state index contributed by atoms with van der Waals surface area (Å²) in [6, 6.07) is 12.1. The maximum Gasteiger partial charge on any atom is 0.416 e. The third-order valence-corrected chi connectivity index (χ3v) is 7.37. The number of nitrogens with one attached hydrogen (secondary N) is 2. The number of ether oxygens (including phenoxy) is 3. The van der Waals surface area contributed by atoms with Crippen molar-refractivity contribution in [3.05, 3.63) is 59.3 Å². The van der Waals surface area contributed by atoms with Gasteiger partial charge in [0, 0.05) is 24.7 Å². The van der Waals surface area contributed by atoms with Gasteiger partial charge in [0.25, 0.3) is 0 Å². The molecule has 1 atom stereocenters. The third-order valence-electron chi connectivity index (χ3n) is 7.37. The van der Waals surface area contributed by atoms with Crippen molar-refractivity contribution in [1.82, 2.24) is 15.6 Å². The van der Waals surface area contributed by atoms with Gasteiger partial charge in [0.1, 0.15) is 24.1 Å². The Balaban J connectivity index is 1.26. The first-order valence-electron chi connectivity index (χ1n) is 14.9. The van der Waals surface area contributed by atoms with E-state index in [4.69, 9.17) is 19.2 Å². The van der Waals surface area contributed by atoms with E-state index in [1.165, 1.54) is 0 Å². The Morgan fingerprint density at radius 3 is 2.49 bits per heavy atom. The smallest absolute Gasteiger partial charge is 0.416 e. The van der Waals surface area contributed by atoms with Crippen LogP contribution in [0, 0.1) is 11.8 Å². The Labute approximate surface area is 252 Å². The minimum Gasteiger partial charge on any atom is -0.464 e. The molecule has 4 rings (SSSR count). The number of carbonyl (C=O) groups is 4. The molecule has 11 heteroatoms. The van der Waals surface area contributed by atoms with Gasteiger partial charge in [-0.3, -0.25) is 9.69 Å². The van der Waals surface area contributed by atoms with Gasteiger partial charge in [-0.25, -0.2) is 19.4 Å². The van der Waals surface area contributed by atoms with Gasteiger partial charge in [-0.1, -0.05) is 36.4 Å². The number of aromatic nitrogens is 1. The van der Waals surface area contributed by atoms with E-state index in [1.807, 2.05) is 63.2 Å². The van der Waals surface area contributed by atoms with E-state index < -0.39 is 29.8 Å². The molecular formula is C32H42N4O7. The lowest BCUT2D eigenvalue weighted by Gasteiger charge is -2.35. The minimum absolute atomic E-state index is 0.0517. The van der Waals surface area contributed by atoms with Gasteiger partial charge in [0.15, 0.2) is 0 Å². The standard InChI is InChI=1S/C32H42N4O7/c1-5-41-29(38)26(35-30(39)42-20-21-10-7-6-8-11-21)19-33-28(37)24-16-22(17-24)18-25-14-13-23-12-9-15-36(27(23)34-25)31(40)43-32(2,3)4/h6-8,10-11,13-14,22,24,26H,5,9,12,15-20H2,1-4H3,(H,33,37)(H,35,39)/t22-,24+,26-/m0/s1. The molecule has 1 fully saturated rings. The van der Waals surface area contributed by atoms with Crippen LogP contribution in [0.5, 0.6) is 0 Å². The zero-order valence-corrected chi connectivity index (χ0v) is 25.4. The molecule has 2 aromatic rings. The molecule has 2 heterocycles. The number of alkyl carbamates (subject to hydrolysis) is 1. The Bertz CT molecular complexity index is 1290. The van der Waals surface area contributed by atoms with E-state index in [0.29, 0.717) is 31.6 Å². The molecule has 0 bridgehead atoms. The van der Waals surface area contributed by atoms with Crippen molar-refractivity contribution in [1.29, 1.82) is 0 Å². The molecular weight excluding hydrogens is 552 g/mol. The van der Waals surface area contributed by atoms with E-state index in [0.717, 1.165) is 29.7 Å². The molecule has 1 saturated carbocycles. The molecule has 3 amide bonds. The fraction of sp³-hybridized carbons (Fsp3) is 0.531. The molecule has 0 spiro atoms. The van der Waals surface area contributed by atoms with Crippen molar-refractivity contribution in [3.8, 4) is 0 Å². The summed E-state index contributed by atoms with van der Waals surface area (Å²) in [4.78, 5) is 56.8. The van der Waals surface area contributed by atoms with Crippen molar-refractivity contribution >= 4 is 29.9 Å². The molecule has 1 aromatic heterocycles.